The molecule has 3 nitrogen and oxygen atoms in total. The van der Waals surface area contributed by atoms with Crippen molar-refractivity contribution in [1.82, 2.24) is 4.98 Å². The molecule has 0 saturated heterocycles. The van der Waals surface area contributed by atoms with Crippen LogP contribution in [0.2, 0.25) is 5.02 Å². The van der Waals surface area contributed by atoms with Crippen LogP contribution in [0.5, 0.6) is 0 Å². The minimum atomic E-state index is -0.195. The number of nitrogens with two attached hydrogens (primary N) is 1. The molecule has 1 aromatic carbocycles. The van der Waals surface area contributed by atoms with Crippen LogP contribution in [0, 0.1) is 6.92 Å². The lowest BCUT2D eigenvalue weighted by Gasteiger charge is -1.99. The molecule has 0 aliphatic rings. The molecule has 2 rings (SSSR count). The lowest BCUT2D eigenvalue weighted by molar-refractivity contribution is 0.473. The number of aryl methyl sites for hydroxylation is 1. The summed E-state index contributed by atoms with van der Waals surface area (Å²) in [6, 6.07) is 7.26. The van der Waals surface area contributed by atoms with E-state index in [-0.39, 0.29) is 6.04 Å². The van der Waals surface area contributed by atoms with Gasteiger partial charge in [-0.1, -0.05) is 11.6 Å². The zero-order chi connectivity index (χ0) is 11.7. The van der Waals surface area contributed by atoms with Crippen molar-refractivity contribution in [2.24, 2.45) is 5.73 Å². The van der Waals surface area contributed by atoms with Gasteiger partial charge in [-0.3, -0.25) is 0 Å². The van der Waals surface area contributed by atoms with Gasteiger partial charge in [0, 0.05) is 10.6 Å². The van der Waals surface area contributed by atoms with E-state index < -0.39 is 0 Å². The Balaban J connectivity index is 2.44. The number of rotatable bonds is 2. The molecule has 1 heterocycles. The molecule has 1 atom stereocenters. The van der Waals surface area contributed by atoms with Crippen LogP contribution in [-0.2, 0) is 0 Å². The van der Waals surface area contributed by atoms with E-state index in [2.05, 4.69) is 4.98 Å². The highest BCUT2D eigenvalue weighted by atomic mass is 35.5. The first kappa shape index (κ1) is 11.2. The molecule has 0 aliphatic heterocycles. The lowest BCUT2D eigenvalue weighted by Crippen LogP contribution is -2.04. The van der Waals surface area contributed by atoms with Crippen molar-refractivity contribution in [3.63, 3.8) is 0 Å². The van der Waals surface area contributed by atoms with Crippen molar-refractivity contribution >= 4 is 11.6 Å². The van der Waals surface area contributed by atoms with E-state index in [1.807, 2.05) is 38.1 Å². The summed E-state index contributed by atoms with van der Waals surface area (Å²) in [4.78, 5) is 4.28. The highest BCUT2D eigenvalue weighted by Crippen LogP contribution is 2.27. The summed E-state index contributed by atoms with van der Waals surface area (Å²) >= 11 is 5.83. The van der Waals surface area contributed by atoms with Crippen LogP contribution in [0.4, 0.5) is 0 Å². The second-order valence-corrected chi connectivity index (χ2v) is 4.20. The van der Waals surface area contributed by atoms with Gasteiger partial charge in [0.15, 0.2) is 5.76 Å². The first-order chi connectivity index (χ1) is 7.58. The van der Waals surface area contributed by atoms with Gasteiger partial charge < -0.3 is 10.2 Å². The van der Waals surface area contributed by atoms with E-state index in [1.54, 1.807) is 0 Å². The van der Waals surface area contributed by atoms with Gasteiger partial charge in [0.05, 0.1) is 11.7 Å². The smallest absolute Gasteiger partial charge is 0.211 e. The largest absolute Gasteiger partial charge is 0.439 e. The normalized spacial score (nSPS) is 12.8. The Labute approximate surface area is 99.2 Å². The summed E-state index contributed by atoms with van der Waals surface area (Å²) in [7, 11) is 0. The van der Waals surface area contributed by atoms with E-state index in [9.17, 15) is 0 Å². The standard InChI is InChI=1S/C12H13ClN2O/c1-7(14)12-15-8(2)11(16-12)9-3-5-10(13)6-4-9/h3-7H,14H2,1-2H3. The topological polar surface area (TPSA) is 52.0 Å². The maximum Gasteiger partial charge on any atom is 0.211 e. The van der Waals surface area contributed by atoms with Crippen LogP contribution in [-0.4, -0.2) is 4.98 Å². The predicted octanol–water partition coefficient (Wildman–Crippen LogP) is 3.32. The van der Waals surface area contributed by atoms with Crippen molar-refractivity contribution in [3.8, 4) is 11.3 Å². The van der Waals surface area contributed by atoms with Gasteiger partial charge in [0.2, 0.25) is 5.89 Å². The van der Waals surface area contributed by atoms with Crippen molar-refractivity contribution in [2.75, 3.05) is 0 Å². The number of nitrogens with zero attached hydrogens (tertiary/aromatic N) is 1. The second kappa shape index (κ2) is 4.28. The van der Waals surface area contributed by atoms with Crippen LogP contribution in [0.15, 0.2) is 28.7 Å². The van der Waals surface area contributed by atoms with Crippen LogP contribution >= 0.6 is 11.6 Å². The highest BCUT2D eigenvalue weighted by Gasteiger charge is 2.13. The molecule has 0 bridgehead atoms. The zero-order valence-electron chi connectivity index (χ0n) is 9.20. The van der Waals surface area contributed by atoms with E-state index >= 15 is 0 Å². The van der Waals surface area contributed by atoms with Crippen molar-refractivity contribution < 1.29 is 4.42 Å². The van der Waals surface area contributed by atoms with Gasteiger partial charge in [-0.05, 0) is 38.1 Å². The number of benzene rings is 1. The van der Waals surface area contributed by atoms with Crippen LogP contribution < -0.4 is 5.73 Å². The molecular weight excluding hydrogens is 224 g/mol. The monoisotopic (exact) mass is 236 g/mol. The van der Waals surface area contributed by atoms with Gasteiger partial charge in [0.1, 0.15) is 0 Å². The Morgan fingerprint density at radius 2 is 1.94 bits per heavy atom. The summed E-state index contributed by atoms with van der Waals surface area (Å²) < 4.78 is 5.62. The van der Waals surface area contributed by atoms with Crippen molar-refractivity contribution in [3.05, 3.63) is 40.9 Å². The maximum atomic E-state index is 5.83. The van der Waals surface area contributed by atoms with Crippen LogP contribution in [0.1, 0.15) is 24.6 Å². The first-order valence-electron chi connectivity index (χ1n) is 5.07. The van der Waals surface area contributed by atoms with E-state index in [0.29, 0.717) is 10.9 Å². The molecule has 16 heavy (non-hydrogen) atoms. The Bertz CT molecular complexity index is 488. The van der Waals surface area contributed by atoms with Gasteiger partial charge in [0.25, 0.3) is 0 Å². The first-order valence-corrected chi connectivity index (χ1v) is 5.44. The molecule has 0 fully saturated rings. The quantitative estimate of drug-likeness (QED) is 0.870. The number of halogens is 1. The van der Waals surface area contributed by atoms with E-state index in [4.69, 9.17) is 21.8 Å². The fourth-order valence-corrected chi connectivity index (χ4v) is 1.61. The predicted molar refractivity (Wildman–Crippen MR) is 64.3 cm³/mol. The van der Waals surface area contributed by atoms with Crippen LogP contribution in [0.3, 0.4) is 0 Å². The van der Waals surface area contributed by atoms with E-state index in [0.717, 1.165) is 17.0 Å². The van der Waals surface area contributed by atoms with E-state index in [1.165, 1.54) is 0 Å². The molecule has 0 spiro atoms. The summed E-state index contributed by atoms with van der Waals surface area (Å²) in [6.45, 7) is 3.75. The van der Waals surface area contributed by atoms with Gasteiger partial charge in [-0.15, -0.1) is 0 Å². The third-order valence-electron chi connectivity index (χ3n) is 2.31. The van der Waals surface area contributed by atoms with Gasteiger partial charge >= 0.3 is 0 Å². The molecule has 0 aliphatic carbocycles. The van der Waals surface area contributed by atoms with Gasteiger partial charge in [-0.2, -0.15) is 0 Å². The number of hydrogen-bond donors (Lipinski definition) is 1. The molecular formula is C12H13ClN2O. The molecule has 2 aromatic rings. The molecule has 0 radical (unpaired) electrons. The van der Waals surface area contributed by atoms with Crippen molar-refractivity contribution in [2.45, 2.75) is 19.9 Å². The minimum Gasteiger partial charge on any atom is -0.439 e. The molecule has 1 aromatic heterocycles. The lowest BCUT2D eigenvalue weighted by atomic mass is 10.1. The average Bonchev–Trinajstić information content (AvgIpc) is 2.62. The third kappa shape index (κ3) is 2.10. The maximum absolute atomic E-state index is 5.83. The summed E-state index contributed by atoms with van der Waals surface area (Å²) in [6.07, 6.45) is 0. The van der Waals surface area contributed by atoms with Crippen LogP contribution in [0.25, 0.3) is 11.3 Å². The Hall–Kier alpha value is -1.32. The summed E-state index contributed by atoms with van der Waals surface area (Å²) in [5, 5.41) is 0.702. The Morgan fingerprint density at radius 3 is 2.44 bits per heavy atom. The molecule has 0 saturated carbocycles. The molecule has 1 unspecified atom stereocenters. The van der Waals surface area contributed by atoms with Crippen molar-refractivity contribution in [1.29, 1.82) is 0 Å². The summed E-state index contributed by atoms with van der Waals surface area (Å²) in [5.41, 5.74) is 7.52. The minimum absolute atomic E-state index is 0.195. The zero-order valence-corrected chi connectivity index (χ0v) is 9.95. The highest BCUT2D eigenvalue weighted by molar-refractivity contribution is 6.30. The Kier molecular flexibility index (Phi) is 2.99. The number of aromatic nitrogens is 1. The molecule has 2 N–H and O–H groups in total. The third-order valence-corrected chi connectivity index (χ3v) is 2.56. The fourth-order valence-electron chi connectivity index (χ4n) is 1.48. The second-order valence-electron chi connectivity index (χ2n) is 3.76. The Morgan fingerprint density at radius 1 is 1.31 bits per heavy atom. The fraction of sp³-hybridized carbons (Fsp3) is 0.250. The number of hydrogen-bond acceptors (Lipinski definition) is 3. The molecule has 4 heteroatoms. The molecule has 84 valence electrons. The number of oxazole rings is 1. The SMILES string of the molecule is Cc1nc(C(C)N)oc1-c1ccc(Cl)cc1. The summed E-state index contributed by atoms with van der Waals surface area (Å²) in [5.74, 6) is 1.31. The van der Waals surface area contributed by atoms with Gasteiger partial charge in [-0.25, -0.2) is 4.98 Å². The average molecular weight is 237 g/mol. The molecule has 0 amide bonds.